The van der Waals surface area contributed by atoms with Gasteiger partial charge in [-0.2, -0.15) is 0 Å². The van der Waals surface area contributed by atoms with Crippen molar-refractivity contribution < 1.29 is 4.79 Å². The van der Waals surface area contributed by atoms with E-state index in [1.165, 1.54) is 0 Å². The summed E-state index contributed by atoms with van der Waals surface area (Å²) in [5, 5.41) is 0.805. The fourth-order valence-electron chi connectivity index (χ4n) is 4.27. The quantitative estimate of drug-likeness (QED) is 0.703. The SMILES string of the molecule is CC1CC(C)CN(C(=O)c2cc3cccnc3n(Cc3ccccc3)c2=O)C1. The van der Waals surface area contributed by atoms with Crippen LogP contribution in [-0.4, -0.2) is 33.4 Å². The van der Waals surface area contributed by atoms with Crippen molar-refractivity contribution in [2.45, 2.75) is 26.8 Å². The van der Waals surface area contributed by atoms with Crippen LogP contribution >= 0.6 is 0 Å². The molecule has 0 radical (unpaired) electrons. The molecule has 1 aliphatic rings. The lowest BCUT2D eigenvalue weighted by atomic mass is 9.91. The summed E-state index contributed by atoms with van der Waals surface area (Å²) in [5.74, 6) is 0.721. The number of carbonyl (C=O) groups excluding carboxylic acids is 1. The minimum Gasteiger partial charge on any atom is -0.338 e. The lowest BCUT2D eigenvalue weighted by Gasteiger charge is -2.35. The number of pyridine rings is 2. The predicted molar refractivity (Wildman–Crippen MR) is 110 cm³/mol. The van der Waals surface area contributed by atoms with Gasteiger partial charge in [-0.3, -0.25) is 14.2 Å². The van der Waals surface area contributed by atoms with Crippen LogP contribution in [0.25, 0.3) is 11.0 Å². The smallest absolute Gasteiger partial charge is 0.265 e. The van der Waals surface area contributed by atoms with Crippen LogP contribution in [0.15, 0.2) is 59.5 Å². The largest absolute Gasteiger partial charge is 0.338 e. The molecule has 3 heterocycles. The molecule has 0 aliphatic carbocycles. The van der Waals surface area contributed by atoms with Crippen molar-refractivity contribution in [3.05, 3.63) is 76.2 Å². The molecule has 0 spiro atoms. The van der Waals surface area contributed by atoms with Gasteiger partial charge in [-0.25, -0.2) is 4.98 Å². The summed E-state index contributed by atoms with van der Waals surface area (Å²) in [6.07, 6.45) is 2.79. The number of amides is 1. The van der Waals surface area contributed by atoms with Crippen LogP contribution in [0.3, 0.4) is 0 Å². The van der Waals surface area contributed by atoms with E-state index in [2.05, 4.69) is 18.8 Å². The molecule has 1 amide bonds. The molecule has 4 rings (SSSR count). The van der Waals surface area contributed by atoms with E-state index in [4.69, 9.17) is 0 Å². The molecule has 144 valence electrons. The molecule has 0 N–H and O–H groups in total. The first-order valence-corrected chi connectivity index (χ1v) is 9.84. The molecule has 3 aromatic rings. The van der Waals surface area contributed by atoms with Gasteiger partial charge in [-0.1, -0.05) is 44.2 Å². The Morgan fingerprint density at radius 3 is 2.50 bits per heavy atom. The normalized spacial score (nSPS) is 19.7. The van der Waals surface area contributed by atoms with Crippen molar-refractivity contribution >= 4 is 16.9 Å². The number of rotatable bonds is 3. The average Bonchev–Trinajstić information content (AvgIpc) is 2.69. The molecular weight excluding hydrogens is 350 g/mol. The van der Waals surface area contributed by atoms with E-state index in [-0.39, 0.29) is 17.0 Å². The first-order chi connectivity index (χ1) is 13.5. The highest BCUT2D eigenvalue weighted by Crippen LogP contribution is 2.23. The van der Waals surface area contributed by atoms with Gasteiger partial charge >= 0.3 is 0 Å². The summed E-state index contributed by atoms with van der Waals surface area (Å²) in [5.41, 5.74) is 1.57. The second-order valence-corrected chi connectivity index (χ2v) is 8.01. The standard InChI is InChI=1S/C23H25N3O2/c1-16-11-17(2)14-25(13-16)22(27)20-12-19-9-6-10-24-21(19)26(23(20)28)15-18-7-4-3-5-8-18/h3-10,12,16-17H,11,13-15H2,1-2H3. The Morgan fingerprint density at radius 1 is 1.07 bits per heavy atom. The van der Waals surface area contributed by atoms with E-state index in [9.17, 15) is 9.59 Å². The Morgan fingerprint density at radius 2 is 1.79 bits per heavy atom. The maximum atomic E-state index is 13.3. The fraction of sp³-hybridized carbons (Fsp3) is 0.348. The van der Waals surface area contributed by atoms with Crippen LogP contribution in [0.1, 0.15) is 36.2 Å². The number of piperidine rings is 1. The Bertz CT molecular complexity index is 1050. The highest BCUT2D eigenvalue weighted by Gasteiger charge is 2.28. The molecule has 1 saturated heterocycles. The minimum absolute atomic E-state index is 0.170. The number of hydrogen-bond donors (Lipinski definition) is 0. The Hall–Kier alpha value is -2.95. The van der Waals surface area contributed by atoms with Gasteiger partial charge in [0.1, 0.15) is 11.2 Å². The number of fused-ring (bicyclic) bond motifs is 1. The van der Waals surface area contributed by atoms with Crippen LogP contribution in [-0.2, 0) is 6.54 Å². The van der Waals surface area contributed by atoms with Crippen molar-refractivity contribution in [2.24, 2.45) is 11.8 Å². The van der Waals surface area contributed by atoms with Gasteiger partial charge in [-0.15, -0.1) is 0 Å². The van der Waals surface area contributed by atoms with E-state index >= 15 is 0 Å². The Labute approximate surface area is 164 Å². The van der Waals surface area contributed by atoms with Crippen LogP contribution in [0.5, 0.6) is 0 Å². The summed E-state index contributed by atoms with van der Waals surface area (Å²) < 4.78 is 1.62. The Kier molecular flexibility index (Phi) is 4.99. The molecule has 0 bridgehead atoms. The third-order valence-electron chi connectivity index (χ3n) is 5.42. The minimum atomic E-state index is -0.272. The maximum Gasteiger partial charge on any atom is 0.265 e. The van der Waals surface area contributed by atoms with Crippen LogP contribution in [0.4, 0.5) is 0 Å². The van der Waals surface area contributed by atoms with Crippen molar-refractivity contribution in [3.8, 4) is 0 Å². The zero-order chi connectivity index (χ0) is 19.7. The van der Waals surface area contributed by atoms with Gasteiger partial charge in [0.05, 0.1) is 6.54 Å². The lowest BCUT2D eigenvalue weighted by molar-refractivity contribution is 0.0621. The number of nitrogens with zero attached hydrogens (tertiary/aromatic N) is 3. The first kappa shape index (κ1) is 18.4. The van der Waals surface area contributed by atoms with Crippen molar-refractivity contribution in [2.75, 3.05) is 13.1 Å². The molecule has 5 nitrogen and oxygen atoms in total. The topological polar surface area (TPSA) is 55.2 Å². The summed E-state index contributed by atoms with van der Waals surface area (Å²) in [6, 6.07) is 15.2. The molecular formula is C23H25N3O2. The fourth-order valence-corrected chi connectivity index (χ4v) is 4.27. The lowest BCUT2D eigenvalue weighted by Crippen LogP contribution is -2.44. The van der Waals surface area contributed by atoms with E-state index in [0.29, 0.717) is 37.1 Å². The number of likely N-dealkylation sites (tertiary alicyclic amines) is 1. The number of carbonyl (C=O) groups is 1. The van der Waals surface area contributed by atoms with Crippen molar-refractivity contribution in [1.82, 2.24) is 14.5 Å². The second kappa shape index (κ2) is 7.58. The average molecular weight is 375 g/mol. The molecule has 1 aromatic carbocycles. The van der Waals surface area contributed by atoms with E-state index in [1.807, 2.05) is 47.4 Å². The van der Waals surface area contributed by atoms with Gasteiger partial charge in [0.25, 0.3) is 11.5 Å². The summed E-state index contributed by atoms with van der Waals surface area (Å²) in [6.45, 7) is 6.11. The number of hydrogen-bond acceptors (Lipinski definition) is 3. The molecule has 0 saturated carbocycles. The molecule has 1 fully saturated rings. The summed E-state index contributed by atoms with van der Waals surface area (Å²) in [4.78, 5) is 32.8. The Balaban J connectivity index is 1.80. The predicted octanol–water partition coefficient (Wildman–Crippen LogP) is 3.56. The molecule has 2 atom stereocenters. The van der Waals surface area contributed by atoms with E-state index in [1.54, 1.807) is 16.8 Å². The van der Waals surface area contributed by atoms with E-state index < -0.39 is 0 Å². The third kappa shape index (κ3) is 3.57. The highest BCUT2D eigenvalue weighted by molar-refractivity contribution is 5.97. The second-order valence-electron chi connectivity index (χ2n) is 8.01. The van der Waals surface area contributed by atoms with Crippen molar-refractivity contribution in [1.29, 1.82) is 0 Å². The highest BCUT2D eigenvalue weighted by atomic mass is 16.2. The van der Waals surface area contributed by atoms with Crippen LogP contribution < -0.4 is 5.56 Å². The van der Waals surface area contributed by atoms with Crippen molar-refractivity contribution in [3.63, 3.8) is 0 Å². The van der Waals surface area contributed by atoms with Gasteiger partial charge in [0, 0.05) is 24.7 Å². The summed E-state index contributed by atoms with van der Waals surface area (Å²) >= 11 is 0. The molecule has 28 heavy (non-hydrogen) atoms. The number of benzene rings is 1. The van der Waals surface area contributed by atoms with Gasteiger partial charge in [0.2, 0.25) is 0 Å². The van der Waals surface area contributed by atoms with Crippen LogP contribution in [0.2, 0.25) is 0 Å². The summed E-state index contributed by atoms with van der Waals surface area (Å²) in [7, 11) is 0. The zero-order valence-electron chi connectivity index (χ0n) is 16.3. The van der Waals surface area contributed by atoms with E-state index in [0.717, 1.165) is 17.4 Å². The monoisotopic (exact) mass is 375 g/mol. The maximum absolute atomic E-state index is 13.3. The number of aromatic nitrogens is 2. The third-order valence-corrected chi connectivity index (χ3v) is 5.42. The van der Waals surface area contributed by atoms with Gasteiger partial charge in [0.15, 0.2) is 0 Å². The zero-order valence-corrected chi connectivity index (χ0v) is 16.3. The first-order valence-electron chi connectivity index (χ1n) is 9.84. The van der Waals surface area contributed by atoms with Gasteiger partial charge < -0.3 is 4.90 Å². The molecule has 5 heteroatoms. The molecule has 2 aromatic heterocycles. The molecule has 1 aliphatic heterocycles. The van der Waals surface area contributed by atoms with Gasteiger partial charge in [-0.05, 0) is 42.0 Å². The van der Waals surface area contributed by atoms with Crippen LogP contribution in [0, 0.1) is 11.8 Å². The molecule has 2 unspecified atom stereocenters.